The molecule has 0 unspecified atom stereocenters. The molecule has 0 spiro atoms. The molecular formula is C16H25ClN2O2. The molecule has 0 atom stereocenters. The molecule has 2 N–H and O–H groups in total. The molecule has 0 bridgehead atoms. The lowest BCUT2D eigenvalue weighted by Crippen LogP contribution is -2.41. The molecule has 4 nitrogen and oxygen atoms in total. The number of hydrogen-bond donors (Lipinski definition) is 1. The van der Waals surface area contributed by atoms with Crippen molar-refractivity contribution in [2.24, 2.45) is 5.92 Å². The van der Waals surface area contributed by atoms with E-state index in [-0.39, 0.29) is 24.4 Å². The van der Waals surface area contributed by atoms with Gasteiger partial charge in [0.1, 0.15) is 0 Å². The van der Waals surface area contributed by atoms with Gasteiger partial charge in [0.25, 0.3) is 5.91 Å². The van der Waals surface area contributed by atoms with Crippen LogP contribution in [0.3, 0.4) is 0 Å². The van der Waals surface area contributed by atoms with Crippen LogP contribution in [0.25, 0.3) is 0 Å². The first-order valence-corrected chi connectivity index (χ1v) is 7.33. The van der Waals surface area contributed by atoms with Gasteiger partial charge in [-0.25, -0.2) is 0 Å². The van der Waals surface area contributed by atoms with Crippen molar-refractivity contribution in [1.29, 1.82) is 0 Å². The number of amides is 1. The highest BCUT2D eigenvalue weighted by Crippen LogP contribution is 2.19. The average molecular weight is 313 g/mol. The Hall–Kier alpha value is -1.26. The summed E-state index contributed by atoms with van der Waals surface area (Å²) in [5.74, 6) is 0.587. The van der Waals surface area contributed by atoms with Crippen molar-refractivity contribution in [1.82, 2.24) is 4.90 Å². The number of carbonyl (C=O) groups is 1. The van der Waals surface area contributed by atoms with Crippen molar-refractivity contribution >= 4 is 24.0 Å². The molecule has 1 aliphatic heterocycles. The van der Waals surface area contributed by atoms with Gasteiger partial charge in [0.2, 0.25) is 0 Å². The van der Waals surface area contributed by atoms with Crippen molar-refractivity contribution in [2.75, 3.05) is 25.4 Å². The summed E-state index contributed by atoms with van der Waals surface area (Å²) in [6, 6.07) is 7.25. The number of ether oxygens (including phenoxy) is 1. The van der Waals surface area contributed by atoms with Gasteiger partial charge in [-0.1, -0.05) is 26.0 Å². The maximum atomic E-state index is 12.4. The number of carbonyl (C=O) groups excluding carboxylic acids is 1. The van der Waals surface area contributed by atoms with Gasteiger partial charge < -0.3 is 15.4 Å². The zero-order chi connectivity index (χ0) is 14.5. The van der Waals surface area contributed by atoms with Crippen LogP contribution in [-0.2, 0) is 4.74 Å². The van der Waals surface area contributed by atoms with Gasteiger partial charge in [-0.05, 0) is 30.9 Å². The Morgan fingerprint density at radius 2 is 1.95 bits per heavy atom. The second kappa shape index (κ2) is 8.25. The Labute approximate surface area is 133 Å². The number of anilines is 1. The molecule has 0 saturated carbocycles. The third-order valence-electron chi connectivity index (χ3n) is 3.59. The lowest BCUT2D eigenvalue weighted by Gasteiger charge is -2.32. The lowest BCUT2D eigenvalue weighted by molar-refractivity contribution is -0.00228. The Bertz CT molecular complexity index is 457. The standard InChI is InChI=1S/C16H24N2O2.ClH/c1-12(2)11-20-13-7-9-18(10-8-13)16(19)14-5-3-4-6-15(14)17;/h3-6,12-13H,7-11,17H2,1-2H3;1H. The maximum Gasteiger partial charge on any atom is 0.255 e. The minimum absolute atomic E-state index is 0. The number of para-hydroxylation sites is 1. The molecule has 1 aliphatic rings. The fourth-order valence-electron chi connectivity index (χ4n) is 2.42. The molecule has 1 amide bonds. The molecule has 1 fully saturated rings. The summed E-state index contributed by atoms with van der Waals surface area (Å²) >= 11 is 0. The van der Waals surface area contributed by atoms with Crippen molar-refractivity contribution in [3.63, 3.8) is 0 Å². The van der Waals surface area contributed by atoms with Crippen LogP contribution in [0, 0.1) is 5.92 Å². The highest BCUT2D eigenvalue weighted by molar-refractivity contribution is 5.99. The Morgan fingerprint density at radius 3 is 2.52 bits per heavy atom. The Morgan fingerprint density at radius 1 is 1.33 bits per heavy atom. The molecule has 0 aromatic heterocycles. The van der Waals surface area contributed by atoms with E-state index in [1.54, 1.807) is 12.1 Å². The summed E-state index contributed by atoms with van der Waals surface area (Å²) in [5.41, 5.74) is 7.02. The molecular weight excluding hydrogens is 288 g/mol. The number of nitrogen functional groups attached to an aromatic ring is 1. The summed E-state index contributed by atoms with van der Waals surface area (Å²) in [6.45, 7) is 6.59. The largest absolute Gasteiger partial charge is 0.398 e. The average Bonchev–Trinajstić information content (AvgIpc) is 2.45. The summed E-state index contributed by atoms with van der Waals surface area (Å²) in [4.78, 5) is 14.3. The number of piperidine rings is 1. The molecule has 5 heteroatoms. The highest BCUT2D eigenvalue weighted by atomic mass is 35.5. The maximum absolute atomic E-state index is 12.4. The van der Waals surface area contributed by atoms with E-state index in [0.29, 0.717) is 17.2 Å². The highest BCUT2D eigenvalue weighted by Gasteiger charge is 2.24. The summed E-state index contributed by atoms with van der Waals surface area (Å²) in [5, 5.41) is 0. The summed E-state index contributed by atoms with van der Waals surface area (Å²) in [7, 11) is 0. The molecule has 0 aliphatic carbocycles. The topological polar surface area (TPSA) is 55.6 Å². The minimum Gasteiger partial charge on any atom is -0.398 e. The quantitative estimate of drug-likeness (QED) is 0.870. The van der Waals surface area contributed by atoms with Crippen molar-refractivity contribution < 1.29 is 9.53 Å². The number of nitrogens with two attached hydrogens (primary N) is 1. The van der Waals surface area contributed by atoms with E-state index in [1.165, 1.54) is 0 Å². The SMILES string of the molecule is CC(C)COC1CCN(C(=O)c2ccccc2N)CC1.Cl. The third-order valence-corrected chi connectivity index (χ3v) is 3.59. The van der Waals surface area contributed by atoms with Crippen LogP contribution >= 0.6 is 12.4 Å². The molecule has 1 aromatic rings. The van der Waals surface area contributed by atoms with Crippen LogP contribution in [0.5, 0.6) is 0 Å². The Kier molecular flexibility index (Phi) is 6.99. The van der Waals surface area contributed by atoms with Crippen LogP contribution in [-0.4, -0.2) is 36.6 Å². The molecule has 1 aromatic carbocycles. The van der Waals surface area contributed by atoms with E-state index >= 15 is 0 Å². The monoisotopic (exact) mass is 312 g/mol. The molecule has 118 valence electrons. The van der Waals surface area contributed by atoms with Gasteiger partial charge in [-0.2, -0.15) is 0 Å². The van der Waals surface area contributed by atoms with Crippen LogP contribution in [0.1, 0.15) is 37.0 Å². The first-order chi connectivity index (χ1) is 9.58. The predicted molar refractivity (Wildman–Crippen MR) is 87.8 cm³/mol. The van der Waals surface area contributed by atoms with Gasteiger partial charge in [-0.3, -0.25) is 4.79 Å². The van der Waals surface area contributed by atoms with Crippen LogP contribution in [0.15, 0.2) is 24.3 Å². The predicted octanol–water partition coefficient (Wildman–Crippen LogP) is 2.97. The number of likely N-dealkylation sites (tertiary alicyclic amines) is 1. The lowest BCUT2D eigenvalue weighted by atomic mass is 10.1. The summed E-state index contributed by atoms with van der Waals surface area (Å²) in [6.07, 6.45) is 2.10. The van der Waals surface area contributed by atoms with Crippen molar-refractivity contribution in [3.05, 3.63) is 29.8 Å². The third kappa shape index (κ3) is 4.90. The van der Waals surface area contributed by atoms with Crippen LogP contribution in [0.2, 0.25) is 0 Å². The van der Waals surface area contributed by atoms with Crippen LogP contribution in [0.4, 0.5) is 5.69 Å². The number of rotatable bonds is 4. The Balaban J connectivity index is 0.00000220. The van der Waals surface area contributed by atoms with Crippen molar-refractivity contribution in [3.8, 4) is 0 Å². The number of halogens is 1. The smallest absolute Gasteiger partial charge is 0.255 e. The van der Waals surface area contributed by atoms with Crippen LogP contribution < -0.4 is 5.73 Å². The van der Waals surface area contributed by atoms with Gasteiger partial charge in [0.05, 0.1) is 11.7 Å². The molecule has 2 rings (SSSR count). The molecule has 21 heavy (non-hydrogen) atoms. The normalized spacial score (nSPS) is 15.9. The van der Waals surface area contributed by atoms with Gasteiger partial charge >= 0.3 is 0 Å². The van der Waals surface area contributed by atoms with E-state index in [4.69, 9.17) is 10.5 Å². The molecule has 1 saturated heterocycles. The van der Waals surface area contributed by atoms with E-state index in [2.05, 4.69) is 13.8 Å². The number of benzene rings is 1. The zero-order valence-electron chi connectivity index (χ0n) is 12.7. The molecule has 0 radical (unpaired) electrons. The van der Waals surface area contributed by atoms with E-state index in [1.807, 2.05) is 17.0 Å². The van der Waals surface area contributed by atoms with Gasteiger partial charge in [0, 0.05) is 25.4 Å². The number of hydrogen-bond acceptors (Lipinski definition) is 3. The van der Waals surface area contributed by atoms with E-state index in [0.717, 1.165) is 32.5 Å². The van der Waals surface area contributed by atoms with Crippen molar-refractivity contribution in [2.45, 2.75) is 32.8 Å². The number of nitrogens with zero attached hydrogens (tertiary/aromatic N) is 1. The first-order valence-electron chi connectivity index (χ1n) is 7.33. The summed E-state index contributed by atoms with van der Waals surface area (Å²) < 4.78 is 5.84. The van der Waals surface area contributed by atoms with E-state index in [9.17, 15) is 4.79 Å². The zero-order valence-corrected chi connectivity index (χ0v) is 13.6. The fourth-order valence-corrected chi connectivity index (χ4v) is 2.42. The van der Waals surface area contributed by atoms with E-state index < -0.39 is 0 Å². The molecule has 1 heterocycles. The first kappa shape index (κ1) is 17.8. The fraction of sp³-hybridized carbons (Fsp3) is 0.562. The minimum atomic E-state index is 0. The van der Waals surface area contributed by atoms with Gasteiger partial charge in [-0.15, -0.1) is 12.4 Å². The second-order valence-corrected chi connectivity index (χ2v) is 5.81. The van der Waals surface area contributed by atoms with Gasteiger partial charge in [0.15, 0.2) is 0 Å². The second-order valence-electron chi connectivity index (χ2n) is 5.81.